The van der Waals surface area contributed by atoms with Gasteiger partial charge < -0.3 is 40.0 Å². The summed E-state index contributed by atoms with van der Waals surface area (Å²) < 4.78 is 55.0. The van der Waals surface area contributed by atoms with E-state index in [1.807, 2.05) is 0 Å². The van der Waals surface area contributed by atoms with Crippen molar-refractivity contribution in [2.75, 3.05) is 7.11 Å². The van der Waals surface area contributed by atoms with Crippen LogP contribution < -0.4 is 10.1 Å². The molecule has 6 atom stereocenters. The minimum absolute atomic E-state index is 0.0141. The maximum Gasteiger partial charge on any atom is 0.471 e. The molecule has 5 rings (SSSR count). The van der Waals surface area contributed by atoms with Gasteiger partial charge in [0.1, 0.15) is 29.0 Å². The normalized spacial score (nSPS) is 28.1. The number of phenolic OH excluding ortho intramolecular Hbond substituents is 2. The summed E-state index contributed by atoms with van der Waals surface area (Å²) >= 11 is 0. The van der Waals surface area contributed by atoms with Gasteiger partial charge in [0.2, 0.25) is 5.78 Å². The number of hydrogen-bond donors (Lipinski definition) is 5. The van der Waals surface area contributed by atoms with Gasteiger partial charge in [0.15, 0.2) is 17.9 Å². The van der Waals surface area contributed by atoms with Crippen LogP contribution in [0.25, 0.3) is 0 Å². The van der Waals surface area contributed by atoms with Gasteiger partial charge in [-0.15, -0.1) is 0 Å². The van der Waals surface area contributed by atoms with Gasteiger partial charge in [-0.05, 0) is 19.9 Å². The molecule has 0 bridgehead atoms. The summed E-state index contributed by atoms with van der Waals surface area (Å²) in [5.74, 6) is -6.48. The highest BCUT2D eigenvalue weighted by molar-refractivity contribution is 6.31. The van der Waals surface area contributed by atoms with E-state index in [1.165, 1.54) is 32.2 Å². The summed E-state index contributed by atoms with van der Waals surface area (Å²) in [6, 6.07) is 2.59. The predicted octanol–water partition coefficient (Wildman–Crippen LogP) is 1.36. The molecule has 43 heavy (non-hydrogen) atoms. The Morgan fingerprint density at radius 3 is 2.35 bits per heavy atom. The van der Waals surface area contributed by atoms with Crippen molar-refractivity contribution in [1.82, 2.24) is 5.32 Å². The van der Waals surface area contributed by atoms with Gasteiger partial charge in [-0.1, -0.05) is 12.1 Å². The number of nitrogens with one attached hydrogen (secondary N) is 1. The highest BCUT2D eigenvalue weighted by Crippen LogP contribution is 2.52. The first-order valence-corrected chi connectivity index (χ1v) is 13.0. The molecule has 1 heterocycles. The summed E-state index contributed by atoms with van der Waals surface area (Å²) in [7, 11) is 1.26. The lowest BCUT2D eigenvalue weighted by molar-refractivity contribution is -0.204. The molecule has 2 aliphatic carbocycles. The number of ketones is 3. The number of hydrogen-bond acceptors (Lipinski definition) is 11. The Kier molecular flexibility index (Phi) is 7.28. The number of ether oxygens (including phenoxy) is 3. The number of carbonyl (C=O) groups is 4. The van der Waals surface area contributed by atoms with Crippen LogP contribution in [0.15, 0.2) is 18.2 Å². The lowest BCUT2D eigenvalue weighted by atomic mass is 9.72. The Hall–Kier alpha value is -4.05. The van der Waals surface area contributed by atoms with Crippen molar-refractivity contribution in [2.45, 2.75) is 69.1 Å². The first-order valence-electron chi connectivity index (χ1n) is 13.0. The summed E-state index contributed by atoms with van der Waals surface area (Å²) in [5.41, 5.74) is -4.34. The van der Waals surface area contributed by atoms with Crippen molar-refractivity contribution in [2.24, 2.45) is 0 Å². The van der Waals surface area contributed by atoms with E-state index >= 15 is 0 Å². The number of methoxy groups -OCH3 is 1. The van der Waals surface area contributed by atoms with E-state index in [1.54, 1.807) is 5.32 Å². The second-order valence-electron chi connectivity index (χ2n) is 10.7. The van der Waals surface area contributed by atoms with Crippen molar-refractivity contribution in [1.29, 1.82) is 0 Å². The number of aliphatic hydroxyl groups is 2. The van der Waals surface area contributed by atoms with E-state index in [0.717, 1.165) is 6.92 Å². The van der Waals surface area contributed by atoms with Crippen LogP contribution in [0.4, 0.5) is 13.2 Å². The lowest BCUT2D eigenvalue weighted by Gasteiger charge is -2.39. The largest absolute Gasteiger partial charge is 0.507 e. The van der Waals surface area contributed by atoms with Gasteiger partial charge in [0, 0.05) is 29.5 Å². The van der Waals surface area contributed by atoms with Crippen molar-refractivity contribution in [3.8, 4) is 17.2 Å². The number of Topliss-reactive ketones (excluding diaryl/α,β-unsaturated/α-hetero) is 1. The third kappa shape index (κ3) is 4.72. The molecule has 0 aromatic heterocycles. The number of halogens is 3. The molecule has 15 heteroatoms. The van der Waals surface area contributed by atoms with Crippen molar-refractivity contribution >= 4 is 23.3 Å². The zero-order valence-electron chi connectivity index (χ0n) is 22.8. The van der Waals surface area contributed by atoms with Gasteiger partial charge in [0.25, 0.3) is 0 Å². The van der Waals surface area contributed by atoms with Crippen LogP contribution in [0, 0.1) is 0 Å². The minimum atomic E-state index is -5.26. The molecule has 2 aromatic rings. The number of benzene rings is 2. The average Bonchev–Trinajstić information content (AvgIpc) is 3.19. The van der Waals surface area contributed by atoms with Crippen LogP contribution in [-0.4, -0.2) is 87.1 Å². The topological polar surface area (TPSA) is 189 Å². The Balaban J connectivity index is 1.61. The molecule has 0 saturated carbocycles. The SMILES string of the molecule is COc1cccc2c1C(=O)c1c(O)c3c(c(O)c1C2=O)C[C@@](O)(C(C)=O)C[C@@H]3O[C@H]1O[C@H](C)[C@@H](NC(=O)C(F)(F)F)[C@H]1O. The number of phenols is 2. The molecule has 1 saturated heterocycles. The number of aromatic hydroxyl groups is 2. The predicted molar refractivity (Wildman–Crippen MR) is 136 cm³/mol. The summed E-state index contributed by atoms with van der Waals surface area (Å²) in [5, 5.41) is 46.3. The van der Waals surface area contributed by atoms with Crippen molar-refractivity contribution < 1.29 is 67.0 Å². The molecule has 0 unspecified atom stereocenters. The summed E-state index contributed by atoms with van der Waals surface area (Å²) in [4.78, 5) is 51.2. The molecule has 230 valence electrons. The zero-order valence-corrected chi connectivity index (χ0v) is 22.8. The van der Waals surface area contributed by atoms with Crippen LogP contribution in [0.1, 0.15) is 69.3 Å². The van der Waals surface area contributed by atoms with Crippen molar-refractivity contribution in [3.63, 3.8) is 0 Å². The zero-order chi connectivity index (χ0) is 31.8. The fourth-order valence-electron chi connectivity index (χ4n) is 5.84. The Labute approximate surface area is 241 Å². The molecule has 1 fully saturated rings. The van der Waals surface area contributed by atoms with Crippen LogP contribution >= 0.6 is 0 Å². The molecule has 0 radical (unpaired) electrons. The van der Waals surface area contributed by atoms with Gasteiger partial charge in [-0.3, -0.25) is 19.2 Å². The minimum Gasteiger partial charge on any atom is -0.507 e. The molecule has 0 spiro atoms. The second-order valence-corrected chi connectivity index (χ2v) is 10.7. The number of rotatable bonds is 5. The second kappa shape index (κ2) is 10.3. The van der Waals surface area contributed by atoms with Crippen molar-refractivity contribution in [3.05, 3.63) is 51.6 Å². The average molecular weight is 610 g/mol. The molecular weight excluding hydrogens is 583 g/mol. The number of alkyl halides is 3. The molecular formula is C28H26F3NO11. The standard InChI is InChI=1S/C28H26F3NO11/c1-9-19(32-26(39)28(29,30)31)24(38)25(42-9)43-14-8-27(40,10(2)33)7-12-16(14)23(37)18-17(21(12)35)20(34)11-5-4-6-13(41-3)15(11)22(18)36/h4-6,9,14,19,24-25,35,37-38,40H,7-8H2,1-3H3,(H,32,39)/t9-,14+,19-,24-,25-,27+/m1/s1. The van der Waals surface area contributed by atoms with Gasteiger partial charge >= 0.3 is 12.1 Å². The monoisotopic (exact) mass is 609 g/mol. The first-order chi connectivity index (χ1) is 20.0. The van der Waals surface area contributed by atoms with Crippen LogP contribution in [0.3, 0.4) is 0 Å². The van der Waals surface area contributed by atoms with E-state index in [9.17, 15) is 52.8 Å². The molecule has 5 N–H and O–H groups in total. The smallest absolute Gasteiger partial charge is 0.471 e. The highest BCUT2D eigenvalue weighted by atomic mass is 19.4. The summed E-state index contributed by atoms with van der Waals surface area (Å²) in [6.07, 6.45) is -13.0. The molecule has 12 nitrogen and oxygen atoms in total. The lowest BCUT2D eigenvalue weighted by Crippen LogP contribution is -2.51. The highest BCUT2D eigenvalue weighted by Gasteiger charge is 2.52. The third-order valence-electron chi connectivity index (χ3n) is 8.09. The Morgan fingerprint density at radius 1 is 1.09 bits per heavy atom. The number of fused-ring (bicyclic) bond motifs is 3. The quantitative estimate of drug-likeness (QED) is 0.263. The molecule has 1 amide bonds. The van der Waals surface area contributed by atoms with Gasteiger partial charge in [-0.25, -0.2) is 0 Å². The maximum atomic E-state index is 13.7. The van der Waals surface area contributed by atoms with E-state index < -0.39 is 101 Å². The van der Waals surface area contributed by atoms with E-state index in [0.29, 0.717) is 0 Å². The Bertz CT molecular complexity index is 1570. The number of aliphatic hydroxyl groups excluding tert-OH is 1. The fourth-order valence-corrected chi connectivity index (χ4v) is 5.84. The summed E-state index contributed by atoms with van der Waals surface area (Å²) in [6.45, 7) is 2.30. The number of amides is 1. The maximum absolute atomic E-state index is 13.7. The third-order valence-corrected chi connectivity index (χ3v) is 8.09. The van der Waals surface area contributed by atoms with Gasteiger partial charge in [0.05, 0.1) is 42.0 Å². The molecule has 1 aliphatic heterocycles. The van der Waals surface area contributed by atoms with E-state index in [2.05, 4.69) is 0 Å². The van der Waals surface area contributed by atoms with Crippen LogP contribution in [0.5, 0.6) is 17.2 Å². The van der Waals surface area contributed by atoms with Crippen LogP contribution in [-0.2, 0) is 25.5 Å². The molecule has 2 aromatic carbocycles. The molecule has 3 aliphatic rings. The first kappa shape index (κ1) is 30.4. The fraction of sp³-hybridized carbons (Fsp3) is 0.429. The van der Waals surface area contributed by atoms with E-state index in [-0.39, 0.29) is 28.0 Å². The Morgan fingerprint density at radius 2 is 1.74 bits per heavy atom. The van der Waals surface area contributed by atoms with E-state index in [4.69, 9.17) is 14.2 Å². The van der Waals surface area contributed by atoms with Gasteiger partial charge in [-0.2, -0.15) is 13.2 Å². The van der Waals surface area contributed by atoms with Crippen LogP contribution in [0.2, 0.25) is 0 Å². The number of carbonyl (C=O) groups excluding carboxylic acids is 4.